The second-order valence-corrected chi connectivity index (χ2v) is 7.45. The van der Waals surface area contributed by atoms with Gasteiger partial charge in [-0.25, -0.2) is 0 Å². The lowest BCUT2D eigenvalue weighted by atomic mass is 9.94. The summed E-state index contributed by atoms with van der Waals surface area (Å²) in [5.41, 5.74) is 1.10. The third-order valence-electron chi connectivity index (χ3n) is 5.25. The Morgan fingerprint density at radius 1 is 0.893 bits per heavy atom. The number of fused-ring (bicyclic) bond motifs is 3. The molecule has 0 aromatic heterocycles. The predicted octanol–water partition coefficient (Wildman–Crippen LogP) is 5.26. The van der Waals surface area contributed by atoms with E-state index in [2.05, 4.69) is 35.6 Å². The number of rotatable bonds is 5. The molecule has 0 aliphatic rings. The van der Waals surface area contributed by atoms with E-state index in [1.165, 1.54) is 0 Å². The molecule has 4 rings (SSSR count). The normalized spacial score (nSPS) is 13.6. The topological polar surface area (TPSA) is 52.5 Å². The molecule has 0 fully saturated rings. The van der Waals surface area contributed by atoms with Crippen molar-refractivity contribution >= 4 is 56.3 Å². The average molecular weight is 416 g/mol. The fourth-order valence-electron chi connectivity index (χ4n) is 3.60. The van der Waals surface area contributed by atoms with Gasteiger partial charge in [0.2, 0.25) is 0 Å². The highest BCUT2D eigenvalue weighted by Gasteiger charge is 2.16. The number of benzene rings is 4. The molecule has 3 nitrogen and oxygen atoms in total. The van der Waals surface area contributed by atoms with Crippen LogP contribution in [0.15, 0.2) is 60.7 Å². The summed E-state index contributed by atoms with van der Waals surface area (Å²) in [5, 5.41) is 29.9. The first-order valence-corrected chi connectivity index (χ1v) is 9.52. The van der Waals surface area contributed by atoms with Crippen molar-refractivity contribution < 1.29 is 10.2 Å². The largest absolute Gasteiger partial charge is 0.396 e. The standard InChI is InChI=1S/C23H22ClNO2.ClH/c1-14(13-26)23(27)25-12-21-17-8-4-5-9-18(17)22(24)20-11-16-7-3-2-6-15(16)10-19(20)21;/h2-11,14,23,25-27H,12-13H2,1H3;1H. The molecule has 4 aromatic rings. The van der Waals surface area contributed by atoms with Crippen molar-refractivity contribution in [1.29, 1.82) is 0 Å². The van der Waals surface area contributed by atoms with Gasteiger partial charge in [0.25, 0.3) is 0 Å². The van der Waals surface area contributed by atoms with Gasteiger partial charge in [-0.1, -0.05) is 67.1 Å². The van der Waals surface area contributed by atoms with Gasteiger partial charge in [-0.05, 0) is 39.2 Å². The van der Waals surface area contributed by atoms with Crippen LogP contribution in [0.2, 0.25) is 5.02 Å². The summed E-state index contributed by atoms with van der Waals surface area (Å²) in [6, 6.07) is 20.6. The van der Waals surface area contributed by atoms with Gasteiger partial charge in [-0.3, -0.25) is 5.32 Å². The molecular weight excluding hydrogens is 393 g/mol. The van der Waals surface area contributed by atoms with Gasteiger partial charge in [-0.2, -0.15) is 0 Å². The zero-order valence-electron chi connectivity index (χ0n) is 15.5. The lowest BCUT2D eigenvalue weighted by molar-refractivity contribution is 0.0496. The first-order chi connectivity index (χ1) is 13.1. The summed E-state index contributed by atoms with van der Waals surface area (Å²) in [6.07, 6.45) is -0.778. The fourth-order valence-corrected chi connectivity index (χ4v) is 3.92. The Balaban J connectivity index is 0.00000225. The van der Waals surface area contributed by atoms with Gasteiger partial charge in [-0.15, -0.1) is 12.4 Å². The van der Waals surface area contributed by atoms with Crippen molar-refractivity contribution in [3.63, 3.8) is 0 Å². The number of hydrogen-bond donors (Lipinski definition) is 3. The quantitative estimate of drug-likeness (QED) is 0.307. The summed E-state index contributed by atoms with van der Waals surface area (Å²) in [5.74, 6) is -0.240. The summed E-state index contributed by atoms with van der Waals surface area (Å²) in [6.45, 7) is 2.22. The zero-order chi connectivity index (χ0) is 19.0. The van der Waals surface area contributed by atoms with Crippen molar-refractivity contribution in [2.75, 3.05) is 6.61 Å². The number of nitrogens with one attached hydrogen (secondary N) is 1. The van der Waals surface area contributed by atoms with E-state index < -0.39 is 6.23 Å². The second-order valence-electron chi connectivity index (χ2n) is 7.07. The Kier molecular flexibility index (Phi) is 6.43. The van der Waals surface area contributed by atoms with E-state index in [-0.39, 0.29) is 24.9 Å². The molecule has 0 aliphatic carbocycles. The molecule has 0 radical (unpaired) electrons. The third-order valence-corrected chi connectivity index (χ3v) is 5.66. The molecular formula is C23H23Cl2NO2. The SMILES string of the molecule is CC(CO)C(O)NCc1c2ccccc2c(Cl)c2cc3ccccc3cc12.Cl. The minimum atomic E-state index is -0.778. The molecule has 0 aliphatic heterocycles. The first-order valence-electron chi connectivity index (χ1n) is 9.14. The molecule has 5 heteroatoms. The van der Waals surface area contributed by atoms with E-state index in [9.17, 15) is 10.2 Å². The third kappa shape index (κ3) is 3.69. The molecule has 2 unspecified atom stereocenters. The lowest BCUT2D eigenvalue weighted by Crippen LogP contribution is -2.35. The van der Waals surface area contributed by atoms with E-state index in [1.54, 1.807) is 0 Å². The van der Waals surface area contributed by atoms with Gasteiger partial charge in [0.1, 0.15) is 6.23 Å². The van der Waals surface area contributed by atoms with Crippen LogP contribution in [0.4, 0.5) is 0 Å². The predicted molar refractivity (Wildman–Crippen MR) is 120 cm³/mol. The van der Waals surface area contributed by atoms with Gasteiger partial charge >= 0.3 is 0 Å². The molecule has 146 valence electrons. The monoisotopic (exact) mass is 415 g/mol. The van der Waals surface area contributed by atoms with Gasteiger partial charge in [0, 0.05) is 29.8 Å². The first kappa shape index (κ1) is 20.8. The number of aliphatic hydroxyl groups excluding tert-OH is 2. The minimum absolute atomic E-state index is 0. The van der Waals surface area contributed by atoms with Crippen LogP contribution in [0.3, 0.4) is 0 Å². The van der Waals surface area contributed by atoms with E-state index in [0.717, 1.165) is 42.9 Å². The minimum Gasteiger partial charge on any atom is -0.396 e. The second kappa shape index (κ2) is 8.64. The highest BCUT2D eigenvalue weighted by atomic mass is 35.5. The van der Waals surface area contributed by atoms with Crippen molar-refractivity contribution in [1.82, 2.24) is 5.32 Å². The lowest BCUT2D eigenvalue weighted by Gasteiger charge is -2.20. The van der Waals surface area contributed by atoms with Crippen LogP contribution in [0, 0.1) is 5.92 Å². The Bertz CT molecular complexity index is 1130. The van der Waals surface area contributed by atoms with Gasteiger partial charge < -0.3 is 10.2 Å². The molecule has 4 aromatic carbocycles. The molecule has 2 atom stereocenters. The van der Waals surface area contributed by atoms with Crippen LogP contribution in [0.25, 0.3) is 32.3 Å². The summed E-state index contributed by atoms with van der Waals surface area (Å²) in [7, 11) is 0. The average Bonchev–Trinajstić information content (AvgIpc) is 2.71. The molecule has 0 amide bonds. The Morgan fingerprint density at radius 2 is 1.46 bits per heavy atom. The van der Waals surface area contributed by atoms with E-state index in [1.807, 2.05) is 37.3 Å². The maximum Gasteiger partial charge on any atom is 0.109 e. The Hall–Kier alpha value is -1.88. The van der Waals surface area contributed by atoms with Gasteiger partial charge in [0.05, 0.1) is 5.02 Å². The smallest absolute Gasteiger partial charge is 0.109 e. The maximum absolute atomic E-state index is 10.3. The maximum atomic E-state index is 10.3. The molecule has 0 saturated carbocycles. The van der Waals surface area contributed by atoms with Crippen LogP contribution in [-0.4, -0.2) is 23.0 Å². The van der Waals surface area contributed by atoms with Crippen LogP contribution in [-0.2, 0) is 6.54 Å². The molecule has 0 heterocycles. The highest BCUT2D eigenvalue weighted by molar-refractivity contribution is 6.41. The summed E-state index contributed by atoms with van der Waals surface area (Å²) < 4.78 is 0. The van der Waals surface area contributed by atoms with E-state index in [4.69, 9.17) is 11.6 Å². The fraction of sp³-hybridized carbons (Fsp3) is 0.217. The van der Waals surface area contributed by atoms with E-state index in [0.29, 0.717) is 6.54 Å². The molecule has 0 saturated heterocycles. The van der Waals surface area contributed by atoms with Crippen LogP contribution >= 0.6 is 24.0 Å². The molecule has 0 spiro atoms. The Morgan fingerprint density at radius 3 is 2.11 bits per heavy atom. The van der Waals surface area contributed by atoms with Crippen molar-refractivity contribution in [2.24, 2.45) is 5.92 Å². The summed E-state index contributed by atoms with van der Waals surface area (Å²) in [4.78, 5) is 0. The van der Waals surface area contributed by atoms with Crippen LogP contribution in [0.1, 0.15) is 12.5 Å². The molecule has 3 N–H and O–H groups in total. The number of halogens is 2. The van der Waals surface area contributed by atoms with Crippen molar-refractivity contribution in [2.45, 2.75) is 19.7 Å². The zero-order valence-corrected chi connectivity index (χ0v) is 17.1. The number of aliphatic hydroxyl groups is 2. The van der Waals surface area contributed by atoms with Crippen LogP contribution in [0.5, 0.6) is 0 Å². The van der Waals surface area contributed by atoms with Gasteiger partial charge in [0.15, 0.2) is 0 Å². The van der Waals surface area contributed by atoms with Crippen molar-refractivity contribution in [3.8, 4) is 0 Å². The molecule has 28 heavy (non-hydrogen) atoms. The summed E-state index contributed by atoms with van der Waals surface area (Å²) >= 11 is 6.78. The molecule has 0 bridgehead atoms. The highest BCUT2D eigenvalue weighted by Crippen LogP contribution is 2.38. The van der Waals surface area contributed by atoms with Crippen molar-refractivity contribution in [3.05, 3.63) is 71.2 Å². The van der Waals surface area contributed by atoms with Crippen LogP contribution < -0.4 is 5.32 Å². The number of hydrogen-bond acceptors (Lipinski definition) is 3. The van der Waals surface area contributed by atoms with E-state index >= 15 is 0 Å². The Labute approximate surface area is 175 Å².